The number of esters is 3. The summed E-state index contributed by atoms with van der Waals surface area (Å²) in [7, 11) is 2.74. The van der Waals surface area contributed by atoms with Gasteiger partial charge in [0, 0.05) is 17.6 Å². The van der Waals surface area contributed by atoms with E-state index in [1.807, 2.05) is 41.5 Å². The molecule has 16 nitrogen and oxygen atoms in total. The molecule has 0 aromatic carbocycles. The Bertz CT molecular complexity index is 1550. The fraction of sp³-hybridized carbons (Fsp3) is 0.676. The standard InChI is InChI=1S/C34H54N4O12S2/c1-9-16-36-30(44)37(21-24(39)20-33(5,6)11-3)32(46)38(31(36)45)22-25(49-29(43)35-15-17-47-26(40)10-2)23-48-27(41)13-18-51-52-19-14-28(42)50-34(7,8)12-4/h9-10,24-25,39H,1-2,11-23H2,3-8H3,(H,35,43). The molecule has 0 aliphatic rings. The van der Waals surface area contributed by atoms with Crippen LogP contribution in [-0.4, -0.2) is 91.9 Å². The van der Waals surface area contributed by atoms with Crippen molar-refractivity contribution in [3.05, 3.63) is 56.8 Å². The summed E-state index contributed by atoms with van der Waals surface area (Å²) in [4.78, 5) is 88.7. The summed E-state index contributed by atoms with van der Waals surface area (Å²) in [6, 6.07) is 0. The fourth-order valence-electron chi connectivity index (χ4n) is 4.28. The van der Waals surface area contributed by atoms with Gasteiger partial charge in [-0.05, 0) is 32.1 Å². The molecule has 2 unspecified atom stereocenters. The van der Waals surface area contributed by atoms with E-state index in [1.54, 1.807) is 0 Å². The first-order valence-corrected chi connectivity index (χ1v) is 19.5. The Morgan fingerprint density at radius 1 is 0.865 bits per heavy atom. The number of aliphatic hydroxyl groups is 1. The summed E-state index contributed by atoms with van der Waals surface area (Å²) in [6.45, 7) is 16.0. The first-order valence-electron chi connectivity index (χ1n) is 17.0. The second-order valence-corrected chi connectivity index (χ2v) is 15.8. The van der Waals surface area contributed by atoms with Crippen LogP contribution in [0.2, 0.25) is 0 Å². The molecule has 2 N–H and O–H groups in total. The maximum absolute atomic E-state index is 13.6. The van der Waals surface area contributed by atoms with Crippen LogP contribution in [0.5, 0.6) is 0 Å². The Hall–Kier alpha value is -3.77. The van der Waals surface area contributed by atoms with Gasteiger partial charge in [0.1, 0.15) is 18.8 Å². The second kappa shape index (κ2) is 23.0. The molecular weight excluding hydrogens is 721 g/mol. The minimum atomic E-state index is -1.39. The van der Waals surface area contributed by atoms with Crippen LogP contribution in [0.25, 0.3) is 0 Å². The Morgan fingerprint density at radius 2 is 1.44 bits per heavy atom. The SMILES string of the molecule is C=CCn1c(=O)n(CC(O)CC(C)(C)CC)c(=O)n(CC(COC(=O)CCSSCCC(=O)OC(C)(C)CC)OC(=O)NCCOC(=O)C=C)c1=O. The normalized spacial score (nSPS) is 12.7. The lowest BCUT2D eigenvalue weighted by atomic mass is 9.84. The van der Waals surface area contributed by atoms with E-state index in [9.17, 15) is 38.7 Å². The second-order valence-electron chi connectivity index (χ2n) is 13.1. The van der Waals surface area contributed by atoms with Gasteiger partial charge < -0.3 is 29.4 Å². The number of hydrogen-bond acceptors (Lipinski definition) is 14. The number of amides is 1. The number of allylic oxidation sites excluding steroid dienone is 1. The van der Waals surface area contributed by atoms with Gasteiger partial charge in [-0.25, -0.2) is 37.7 Å². The molecule has 0 aliphatic heterocycles. The van der Waals surface area contributed by atoms with Crippen molar-refractivity contribution in [1.29, 1.82) is 0 Å². The lowest BCUT2D eigenvalue weighted by Crippen LogP contribution is -2.56. The van der Waals surface area contributed by atoms with E-state index in [2.05, 4.69) is 18.5 Å². The van der Waals surface area contributed by atoms with Gasteiger partial charge in [0.2, 0.25) is 0 Å². The Balaban J connectivity index is 3.11. The summed E-state index contributed by atoms with van der Waals surface area (Å²) < 4.78 is 23.1. The lowest BCUT2D eigenvalue weighted by Gasteiger charge is -2.26. The van der Waals surface area contributed by atoms with E-state index in [0.29, 0.717) is 22.5 Å². The van der Waals surface area contributed by atoms with Gasteiger partial charge in [0.05, 0.1) is 45.1 Å². The maximum atomic E-state index is 13.6. The molecule has 18 heteroatoms. The van der Waals surface area contributed by atoms with Gasteiger partial charge >= 0.3 is 41.1 Å². The molecule has 2 atom stereocenters. The van der Waals surface area contributed by atoms with Gasteiger partial charge in [-0.1, -0.05) is 68.4 Å². The van der Waals surface area contributed by atoms with Crippen LogP contribution in [0.3, 0.4) is 0 Å². The van der Waals surface area contributed by atoms with Crippen molar-refractivity contribution in [2.24, 2.45) is 5.41 Å². The van der Waals surface area contributed by atoms with E-state index in [4.69, 9.17) is 18.9 Å². The van der Waals surface area contributed by atoms with E-state index >= 15 is 0 Å². The van der Waals surface area contributed by atoms with Gasteiger partial charge in [-0.2, -0.15) is 0 Å². The van der Waals surface area contributed by atoms with E-state index in [-0.39, 0.29) is 50.3 Å². The van der Waals surface area contributed by atoms with E-state index in [0.717, 1.165) is 21.6 Å². The van der Waals surface area contributed by atoms with E-state index in [1.165, 1.54) is 27.7 Å². The smallest absolute Gasteiger partial charge is 0.407 e. The van der Waals surface area contributed by atoms with Crippen molar-refractivity contribution in [3.63, 3.8) is 0 Å². The van der Waals surface area contributed by atoms with Gasteiger partial charge in [0.15, 0.2) is 6.10 Å². The highest BCUT2D eigenvalue weighted by Gasteiger charge is 2.26. The molecule has 1 aromatic heterocycles. The highest BCUT2D eigenvalue weighted by Crippen LogP contribution is 2.26. The molecule has 0 spiro atoms. The number of carbonyl (C=O) groups excluding carboxylic acids is 4. The summed E-state index contributed by atoms with van der Waals surface area (Å²) >= 11 is 0. The van der Waals surface area contributed by atoms with Gasteiger partial charge in [-0.15, -0.1) is 6.58 Å². The molecule has 0 saturated heterocycles. The molecule has 0 aliphatic carbocycles. The minimum absolute atomic E-state index is 0.0401. The Kier molecular flexibility index (Phi) is 20.5. The van der Waals surface area contributed by atoms with Crippen molar-refractivity contribution in [2.75, 3.05) is 31.3 Å². The van der Waals surface area contributed by atoms with Crippen molar-refractivity contribution < 1.29 is 43.2 Å². The first kappa shape index (κ1) is 46.3. The summed E-state index contributed by atoms with van der Waals surface area (Å²) in [5, 5.41) is 13.1. The maximum Gasteiger partial charge on any atom is 0.407 e. The van der Waals surface area contributed by atoms with E-state index < -0.39 is 72.6 Å². The molecule has 0 radical (unpaired) electrons. The van der Waals surface area contributed by atoms with Crippen LogP contribution in [0.4, 0.5) is 4.79 Å². The molecule has 0 bridgehead atoms. The van der Waals surface area contributed by atoms with Gasteiger partial charge in [-0.3, -0.25) is 9.59 Å². The quantitative estimate of drug-likeness (QED) is 0.0367. The molecule has 0 saturated carbocycles. The number of carbonyl (C=O) groups is 4. The van der Waals surface area contributed by atoms with Crippen LogP contribution in [0.1, 0.15) is 73.6 Å². The highest BCUT2D eigenvalue weighted by molar-refractivity contribution is 8.76. The van der Waals surface area contributed by atoms with Crippen molar-refractivity contribution in [3.8, 4) is 0 Å². The summed E-state index contributed by atoms with van der Waals surface area (Å²) in [5.74, 6) is -0.865. The molecule has 1 rings (SSSR count). The number of aromatic nitrogens is 3. The molecule has 0 fully saturated rings. The third kappa shape index (κ3) is 17.2. The molecule has 294 valence electrons. The van der Waals surface area contributed by atoms with Gasteiger partial charge in [0.25, 0.3) is 0 Å². The number of hydrogen-bond donors (Lipinski definition) is 2. The molecule has 1 amide bonds. The lowest BCUT2D eigenvalue weighted by molar-refractivity contribution is -0.156. The van der Waals surface area contributed by atoms with Crippen LogP contribution >= 0.6 is 21.6 Å². The van der Waals surface area contributed by atoms with Crippen LogP contribution in [0.15, 0.2) is 39.7 Å². The van der Waals surface area contributed by atoms with Crippen LogP contribution in [-0.2, 0) is 53.0 Å². The Labute approximate surface area is 311 Å². The predicted octanol–water partition coefficient (Wildman–Crippen LogP) is 2.81. The monoisotopic (exact) mass is 774 g/mol. The van der Waals surface area contributed by atoms with Crippen molar-refractivity contribution in [1.82, 2.24) is 19.0 Å². The minimum Gasteiger partial charge on any atom is -0.462 e. The third-order valence-electron chi connectivity index (χ3n) is 7.81. The van der Waals surface area contributed by atoms with Crippen LogP contribution < -0.4 is 22.4 Å². The molecule has 52 heavy (non-hydrogen) atoms. The zero-order chi connectivity index (χ0) is 39.5. The van der Waals surface area contributed by atoms with Crippen LogP contribution in [0, 0.1) is 5.41 Å². The number of nitrogens with one attached hydrogen (secondary N) is 1. The average Bonchev–Trinajstić information content (AvgIpc) is 3.08. The number of rotatable bonds is 25. The molecular formula is C34H54N4O12S2. The largest absolute Gasteiger partial charge is 0.462 e. The number of aliphatic hydroxyl groups excluding tert-OH is 1. The molecule has 1 heterocycles. The summed E-state index contributed by atoms with van der Waals surface area (Å²) in [6.07, 6.45) is 0.553. The zero-order valence-corrected chi connectivity index (χ0v) is 32.6. The summed E-state index contributed by atoms with van der Waals surface area (Å²) in [5.41, 5.74) is -3.87. The van der Waals surface area contributed by atoms with Crippen molar-refractivity contribution in [2.45, 2.75) is 111 Å². The molecule has 1 aromatic rings. The fourth-order valence-corrected chi connectivity index (χ4v) is 6.22. The number of ether oxygens (including phenoxy) is 4. The number of alkyl carbamates (subject to hydrolysis) is 1. The first-order chi connectivity index (χ1) is 24.4. The zero-order valence-electron chi connectivity index (χ0n) is 31.0. The topological polar surface area (TPSA) is 203 Å². The number of nitrogens with zero attached hydrogens (tertiary/aromatic N) is 3. The third-order valence-corrected chi connectivity index (χ3v) is 10.2. The Morgan fingerprint density at radius 3 is 2.00 bits per heavy atom. The highest BCUT2D eigenvalue weighted by atomic mass is 33.1. The predicted molar refractivity (Wildman–Crippen MR) is 199 cm³/mol. The average molecular weight is 775 g/mol. The van der Waals surface area contributed by atoms with Crippen molar-refractivity contribution >= 4 is 45.6 Å².